The van der Waals surface area contributed by atoms with E-state index in [1.54, 1.807) is 0 Å². The molecule has 0 saturated heterocycles. The number of unbranched alkanes of at least 4 members (excludes halogenated alkanes) is 25. The van der Waals surface area contributed by atoms with Gasteiger partial charge in [0.05, 0.1) is 0 Å². The molecule has 0 amide bonds. The highest BCUT2D eigenvalue weighted by Crippen LogP contribution is 2.16. The minimum atomic E-state index is -0.803. The summed E-state index contributed by atoms with van der Waals surface area (Å²) in [5.41, 5.74) is 0. The van der Waals surface area contributed by atoms with Gasteiger partial charge in [-0.25, -0.2) is 0 Å². The molecular formula is C64H108O6. The maximum absolute atomic E-state index is 12.9. The second-order valence-electron chi connectivity index (χ2n) is 19.2. The van der Waals surface area contributed by atoms with Crippen LogP contribution in [0, 0.1) is 0 Å². The molecule has 0 aromatic heterocycles. The van der Waals surface area contributed by atoms with Gasteiger partial charge in [-0.05, 0) is 96.3 Å². The monoisotopic (exact) mass is 973 g/mol. The van der Waals surface area contributed by atoms with Crippen LogP contribution in [0.15, 0.2) is 97.2 Å². The van der Waals surface area contributed by atoms with Gasteiger partial charge < -0.3 is 14.2 Å². The summed E-state index contributed by atoms with van der Waals surface area (Å²) >= 11 is 0. The number of allylic oxidation sites excluding steroid dienone is 16. The molecule has 6 heteroatoms. The third-order valence-electron chi connectivity index (χ3n) is 12.3. The molecule has 0 spiro atoms. The van der Waals surface area contributed by atoms with E-state index in [9.17, 15) is 14.4 Å². The zero-order valence-electron chi connectivity index (χ0n) is 45.8. The molecule has 0 N–H and O–H groups in total. The maximum Gasteiger partial charge on any atom is 0.306 e. The van der Waals surface area contributed by atoms with E-state index < -0.39 is 6.10 Å². The largest absolute Gasteiger partial charge is 0.462 e. The summed E-state index contributed by atoms with van der Waals surface area (Å²) < 4.78 is 16.8. The van der Waals surface area contributed by atoms with Crippen molar-refractivity contribution in [2.45, 2.75) is 277 Å². The first-order valence-electron chi connectivity index (χ1n) is 29.2. The number of hydrogen-bond donors (Lipinski definition) is 0. The van der Waals surface area contributed by atoms with Gasteiger partial charge in [0.1, 0.15) is 13.2 Å². The maximum atomic E-state index is 12.9. The van der Waals surface area contributed by atoms with Crippen LogP contribution in [0.4, 0.5) is 0 Å². The van der Waals surface area contributed by atoms with Crippen LogP contribution in [0.1, 0.15) is 271 Å². The van der Waals surface area contributed by atoms with E-state index in [0.29, 0.717) is 19.3 Å². The Kier molecular flexibility index (Phi) is 54.9. The summed E-state index contributed by atoms with van der Waals surface area (Å²) in [6, 6.07) is 0. The lowest BCUT2D eigenvalue weighted by atomic mass is 10.0. The van der Waals surface area contributed by atoms with Crippen LogP contribution in [-0.4, -0.2) is 37.2 Å². The Morgan fingerprint density at radius 2 is 0.571 bits per heavy atom. The standard InChI is InChI=1S/C64H108O6/c1-4-7-10-13-16-19-22-25-27-29-30-31-32-33-34-36-37-39-42-45-48-51-54-57-63(66)69-60-61(59-68-62(65)56-53-50-47-44-41-24-21-18-15-12-9-6-3)70-64(67)58-55-52-49-46-43-40-38-35-28-26-23-20-17-14-11-8-5-2/h7,10,16,18-19,21,25,27,30-31,33-34,37,39,45,48,61H,4-6,8-9,11-15,17,20,22-24,26,28-29,32,35-36,38,40-44,46-47,49-60H2,1-3H3/b10-7-,19-16-,21-18-,27-25-,31-30-,34-33-,39-37-,48-45-. The lowest BCUT2D eigenvalue weighted by Crippen LogP contribution is -2.30. The van der Waals surface area contributed by atoms with Crippen LogP contribution in [0.3, 0.4) is 0 Å². The highest BCUT2D eigenvalue weighted by molar-refractivity contribution is 5.71. The van der Waals surface area contributed by atoms with Gasteiger partial charge in [-0.2, -0.15) is 0 Å². The molecule has 0 fully saturated rings. The van der Waals surface area contributed by atoms with Crippen LogP contribution < -0.4 is 0 Å². The molecule has 0 radical (unpaired) electrons. The zero-order valence-corrected chi connectivity index (χ0v) is 45.8. The molecule has 70 heavy (non-hydrogen) atoms. The fourth-order valence-electron chi connectivity index (χ4n) is 7.96. The topological polar surface area (TPSA) is 78.9 Å². The first-order chi connectivity index (χ1) is 34.5. The normalized spacial score (nSPS) is 12.8. The molecule has 400 valence electrons. The van der Waals surface area contributed by atoms with E-state index in [1.165, 1.54) is 122 Å². The lowest BCUT2D eigenvalue weighted by Gasteiger charge is -2.18. The van der Waals surface area contributed by atoms with Gasteiger partial charge in [-0.15, -0.1) is 0 Å². The number of carbonyl (C=O) groups is 3. The molecule has 0 aromatic carbocycles. The van der Waals surface area contributed by atoms with E-state index in [-0.39, 0.29) is 37.5 Å². The predicted octanol–water partition coefficient (Wildman–Crippen LogP) is 19.7. The second kappa shape index (κ2) is 57.9. The molecule has 0 aliphatic heterocycles. The van der Waals surface area contributed by atoms with Crippen molar-refractivity contribution in [1.82, 2.24) is 0 Å². The fraction of sp³-hybridized carbons (Fsp3) is 0.703. The van der Waals surface area contributed by atoms with Crippen molar-refractivity contribution in [3.05, 3.63) is 97.2 Å². The van der Waals surface area contributed by atoms with Crippen molar-refractivity contribution in [3.8, 4) is 0 Å². The summed E-state index contributed by atoms with van der Waals surface area (Å²) in [6.45, 7) is 6.46. The van der Waals surface area contributed by atoms with Gasteiger partial charge in [-0.3, -0.25) is 14.4 Å². The SMILES string of the molecule is CC/C=C\C/C=C\C/C=C\C/C=C\C/C=C\C/C=C\C/C=C\CCCC(=O)OCC(COC(=O)CCCCCCC/C=C\CCCCC)OC(=O)CCCCCCCCCCCCCCCCCCC. The number of esters is 3. The van der Waals surface area contributed by atoms with Crippen LogP contribution in [0.5, 0.6) is 0 Å². The van der Waals surface area contributed by atoms with Crippen molar-refractivity contribution >= 4 is 17.9 Å². The number of hydrogen-bond acceptors (Lipinski definition) is 6. The van der Waals surface area contributed by atoms with Crippen LogP contribution in [0.2, 0.25) is 0 Å². The summed E-state index contributed by atoms with van der Waals surface area (Å²) in [4.78, 5) is 38.1. The summed E-state index contributed by atoms with van der Waals surface area (Å²) in [7, 11) is 0. The van der Waals surface area contributed by atoms with E-state index in [0.717, 1.165) is 103 Å². The predicted molar refractivity (Wildman–Crippen MR) is 302 cm³/mol. The number of ether oxygens (including phenoxy) is 3. The van der Waals surface area contributed by atoms with Gasteiger partial charge in [0.15, 0.2) is 6.10 Å². The lowest BCUT2D eigenvalue weighted by molar-refractivity contribution is -0.167. The minimum Gasteiger partial charge on any atom is -0.462 e. The Labute approximate surface area is 432 Å². The van der Waals surface area contributed by atoms with E-state index >= 15 is 0 Å². The first kappa shape index (κ1) is 66.3. The van der Waals surface area contributed by atoms with Crippen LogP contribution >= 0.6 is 0 Å². The van der Waals surface area contributed by atoms with Crippen molar-refractivity contribution < 1.29 is 28.6 Å². The Bertz CT molecular complexity index is 1400. The number of carbonyl (C=O) groups excluding carboxylic acids is 3. The zero-order chi connectivity index (χ0) is 50.7. The van der Waals surface area contributed by atoms with Crippen molar-refractivity contribution in [2.75, 3.05) is 13.2 Å². The highest BCUT2D eigenvalue weighted by atomic mass is 16.6. The highest BCUT2D eigenvalue weighted by Gasteiger charge is 2.19. The Hall–Kier alpha value is -3.67. The van der Waals surface area contributed by atoms with Crippen molar-refractivity contribution in [2.24, 2.45) is 0 Å². The summed E-state index contributed by atoms with van der Waals surface area (Å²) in [5.74, 6) is -0.963. The average molecular weight is 974 g/mol. The molecule has 1 atom stereocenters. The van der Waals surface area contributed by atoms with Gasteiger partial charge in [-0.1, -0.05) is 253 Å². The molecule has 0 aromatic rings. The Morgan fingerprint density at radius 1 is 0.300 bits per heavy atom. The van der Waals surface area contributed by atoms with E-state index in [1.807, 2.05) is 0 Å². The molecule has 0 saturated carbocycles. The summed E-state index contributed by atoms with van der Waals surface area (Å²) in [5, 5.41) is 0. The average Bonchev–Trinajstić information content (AvgIpc) is 3.36. The molecule has 0 aliphatic rings. The second-order valence-corrected chi connectivity index (χ2v) is 19.2. The smallest absolute Gasteiger partial charge is 0.306 e. The molecule has 0 heterocycles. The quantitative estimate of drug-likeness (QED) is 0.0262. The van der Waals surface area contributed by atoms with Gasteiger partial charge in [0.25, 0.3) is 0 Å². The molecule has 0 rings (SSSR count). The molecule has 0 bridgehead atoms. The van der Waals surface area contributed by atoms with Crippen LogP contribution in [-0.2, 0) is 28.6 Å². The Morgan fingerprint density at radius 3 is 0.971 bits per heavy atom. The molecule has 6 nitrogen and oxygen atoms in total. The van der Waals surface area contributed by atoms with E-state index in [4.69, 9.17) is 14.2 Å². The number of rotatable bonds is 52. The first-order valence-corrected chi connectivity index (χ1v) is 29.2. The van der Waals surface area contributed by atoms with Gasteiger partial charge in [0.2, 0.25) is 0 Å². The summed E-state index contributed by atoms with van der Waals surface area (Å²) in [6.07, 6.45) is 76.9. The molecular weight excluding hydrogens is 865 g/mol. The van der Waals surface area contributed by atoms with Crippen molar-refractivity contribution in [1.29, 1.82) is 0 Å². The van der Waals surface area contributed by atoms with Crippen LogP contribution in [0.25, 0.3) is 0 Å². The molecule has 1 unspecified atom stereocenters. The van der Waals surface area contributed by atoms with E-state index in [2.05, 4.69) is 118 Å². The van der Waals surface area contributed by atoms with Gasteiger partial charge >= 0.3 is 17.9 Å². The third-order valence-corrected chi connectivity index (χ3v) is 12.3. The van der Waals surface area contributed by atoms with Gasteiger partial charge in [0, 0.05) is 19.3 Å². The minimum absolute atomic E-state index is 0.0984. The Balaban J connectivity index is 4.44. The molecule has 0 aliphatic carbocycles. The fourth-order valence-corrected chi connectivity index (χ4v) is 7.96. The third kappa shape index (κ3) is 55.3. The van der Waals surface area contributed by atoms with Crippen molar-refractivity contribution in [3.63, 3.8) is 0 Å².